The van der Waals surface area contributed by atoms with Crippen LogP contribution < -0.4 is 16.2 Å². The van der Waals surface area contributed by atoms with E-state index in [1.54, 1.807) is 34.7 Å². The monoisotopic (exact) mass is 462 g/mol. The number of aromatic nitrogens is 4. The average Bonchev–Trinajstić information content (AvgIpc) is 3.22. The van der Waals surface area contributed by atoms with Crippen LogP contribution in [-0.2, 0) is 11.3 Å². The van der Waals surface area contributed by atoms with Gasteiger partial charge in [0.1, 0.15) is 0 Å². The van der Waals surface area contributed by atoms with E-state index >= 15 is 0 Å². The Morgan fingerprint density at radius 1 is 1.12 bits per heavy atom. The molecule has 10 heteroatoms. The quantitative estimate of drug-likeness (QED) is 0.336. The summed E-state index contributed by atoms with van der Waals surface area (Å²) in [4.78, 5) is 37.5. The molecular weight excluding hydrogens is 440 g/mol. The Hall–Kier alpha value is -3.92. The lowest BCUT2D eigenvalue weighted by molar-refractivity contribution is -0.117. The molecule has 0 bridgehead atoms. The molecule has 9 nitrogen and oxygen atoms in total. The number of hydrogen-bond donors (Lipinski definition) is 2. The van der Waals surface area contributed by atoms with Crippen LogP contribution in [0.5, 0.6) is 0 Å². The second-order valence-electron chi connectivity index (χ2n) is 7.38. The van der Waals surface area contributed by atoms with Gasteiger partial charge in [-0.05, 0) is 43.2 Å². The number of nitrogens with one attached hydrogen (secondary N) is 2. The summed E-state index contributed by atoms with van der Waals surface area (Å²) < 4.78 is 3.21. The first-order valence-electron chi connectivity index (χ1n) is 10.2. The summed E-state index contributed by atoms with van der Waals surface area (Å²) in [6.07, 6.45) is 1.61. The summed E-state index contributed by atoms with van der Waals surface area (Å²) >= 11 is 1.12. The van der Waals surface area contributed by atoms with Gasteiger partial charge in [0.25, 0.3) is 5.56 Å². The lowest BCUT2D eigenvalue weighted by Crippen LogP contribution is -2.35. The van der Waals surface area contributed by atoms with Crippen molar-refractivity contribution < 1.29 is 9.59 Å². The number of thioether (sulfide) groups is 1. The highest BCUT2D eigenvalue weighted by atomic mass is 32.2. The molecule has 168 valence electrons. The SMILES string of the molecule is C=CCn1c(=O)c2ccccc2n2c(SCC(=O)NC(=O)Nc3cccc(C)c3C)nnc12. The van der Waals surface area contributed by atoms with Gasteiger partial charge in [-0.25, -0.2) is 4.79 Å². The van der Waals surface area contributed by atoms with Gasteiger partial charge >= 0.3 is 6.03 Å². The van der Waals surface area contributed by atoms with E-state index in [1.807, 2.05) is 32.0 Å². The van der Waals surface area contributed by atoms with E-state index in [0.717, 1.165) is 22.9 Å². The summed E-state index contributed by atoms with van der Waals surface area (Å²) in [5.74, 6) is -0.187. The van der Waals surface area contributed by atoms with Crippen LogP contribution >= 0.6 is 11.8 Å². The molecule has 3 amide bonds. The maximum Gasteiger partial charge on any atom is 0.325 e. The molecule has 2 N–H and O–H groups in total. The smallest absolute Gasteiger partial charge is 0.307 e. The molecule has 0 aliphatic heterocycles. The standard InChI is InChI=1S/C23H22N6O3S/c1-4-12-28-20(31)16-9-5-6-11-18(16)29-22(28)26-27-23(29)33-13-19(30)25-21(32)24-17-10-7-8-14(2)15(17)3/h4-11H,1,12-13H2,2-3H3,(H2,24,25,30,32). The Morgan fingerprint density at radius 2 is 1.91 bits per heavy atom. The van der Waals surface area contributed by atoms with Gasteiger partial charge in [0, 0.05) is 12.2 Å². The van der Waals surface area contributed by atoms with Crippen molar-refractivity contribution in [2.24, 2.45) is 0 Å². The molecule has 33 heavy (non-hydrogen) atoms. The second-order valence-corrected chi connectivity index (χ2v) is 8.32. The highest BCUT2D eigenvalue weighted by Gasteiger charge is 2.18. The minimum Gasteiger partial charge on any atom is -0.307 e. The molecule has 4 aromatic rings. The van der Waals surface area contributed by atoms with Gasteiger partial charge in [-0.15, -0.1) is 16.8 Å². The maximum absolute atomic E-state index is 12.8. The van der Waals surface area contributed by atoms with Gasteiger partial charge in [-0.2, -0.15) is 0 Å². The van der Waals surface area contributed by atoms with Crippen molar-refractivity contribution >= 4 is 46.1 Å². The summed E-state index contributed by atoms with van der Waals surface area (Å²) in [7, 11) is 0. The van der Waals surface area contributed by atoms with Crippen LogP contribution in [0.3, 0.4) is 0 Å². The number of nitrogens with zero attached hydrogens (tertiary/aromatic N) is 4. The topological polar surface area (TPSA) is 110 Å². The number of carbonyl (C=O) groups is 2. The third-order valence-corrected chi connectivity index (χ3v) is 6.16. The Labute approximate surface area is 193 Å². The number of amides is 3. The van der Waals surface area contributed by atoms with Crippen molar-refractivity contribution in [2.75, 3.05) is 11.1 Å². The van der Waals surface area contributed by atoms with Crippen LogP contribution in [-0.4, -0.2) is 36.9 Å². The number of para-hydroxylation sites is 1. The fourth-order valence-corrected chi connectivity index (χ4v) is 4.19. The second kappa shape index (κ2) is 9.29. The summed E-state index contributed by atoms with van der Waals surface area (Å²) in [6.45, 7) is 7.82. The third-order valence-electron chi connectivity index (χ3n) is 5.23. The molecule has 0 saturated carbocycles. The highest BCUT2D eigenvalue weighted by Crippen LogP contribution is 2.22. The van der Waals surface area contributed by atoms with E-state index in [-0.39, 0.29) is 17.9 Å². The number of rotatable bonds is 6. The summed E-state index contributed by atoms with van der Waals surface area (Å²) in [5.41, 5.74) is 3.06. The van der Waals surface area contributed by atoms with Gasteiger partial charge in [-0.1, -0.05) is 42.1 Å². The molecule has 0 atom stereocenters. The molecule has 0 saturated heterocycles. The molecule has 2 aromatic carbocycles. The van der Waals surface area contributed by atoms with Crippen molar-refractivity contribution in [1.82, 2.24) is 24.5 Å². The van der Waals surface area contributed by atoms with Gasteiger partial charge in [0.2, 0.25) is 11.7 Å². The zero-order valence-electron chi connectivity index (χ0n) is 18.2. The lowest BCUT2D eigenvalue weighted by atomic mass is 10.1. The van der Waals surface area contributed by atoms with E-state index in [1.165, 1.54) is 4.57 Å². The number of anilines is 1. The molecule has 0 radical (unpaired) electrons. The molecule has 4 rings (SSSR count). The first kappa shape index (κ1) is 22.3. The Kier molecular flexibility index (Phi) is 6.27. The fraction of sp³-hybridized carbons (Fsp3) is 0.174. The molecular formula is C23H22N6O3S. The lowest BCUT2D eigenvalue weighted by Gasteiger charge is -2.11. The highest BCUT2D eigenvalue weighted by molar-refractivity contribution is 7.99. The van der Waals surface area contributed by atoms with E-state index in [2.05, 4.69) is 27.4 Å². The number of benzene rings is 2. The molecule has 0 aliphatic rings. The molecule has 0 unspecified atom stereocenters. The van der Waals surface area contributed by atoms with Crippen LogP contribution in [0.1, 0.15) is 11.1 Å². The zero-order chi connectivity index (χ0) is 23.5. The number of imide groups is 1. The molecule has 0 fully saturated rings. The van der Waals surface area contributed by atoms with Gasteiger partial charge in [0.15, 0.2) is 5.16 Å². The van der Waals surface area contributed by atoms with Crippen molar-refractivity contribution in [2.45, 2.75) is 25.5 Å². The Bertz CT molecular complexity index is 1460. The minimum absolute atomic E-state index is 0.0596. The van der Waals surface area contributed by atoms with Crippen molar-refractivity contribution in [1.29, 1.82) is 0 Å². The predicted octanol–water partition coefficient (Wildman–Crippen LogP) is 3.29. The Balaban J connectivity index is 1.53. The maximum atomic E-state index is 12.8. The van der Waals surface area contributed by atoms with Crippen LogP contribution in [0.25, 0.3) is 16.7 Å². The third kappa shape index (κ3) is 4.37. The Morgan fingerprint density at radius 3 is 2.70 bits per heavy atom. The van der Waals surface area contributed by atoms with E-state index in [9.17, 15) is 14.4 Å². The van der Waals surface area contributed by atoms with E-state index in [0.29, 0.717) is 27.5 Å². The molecule has 2 aromatic heterocycles. The van der Waals surface area contributed by atoms with Crippen LogP contribution in [0.4, 0.5) is 10.5 Å². The van der Waals surface area contributed by atoms with Crippen molar-refractivity contribution in [3.8, 4) is 0 Å². The van der Waals surface area contributed by atoms with Gasteiger partial charge in [0.05, 0.1) is 16.7 Å². The number of aryl methyl sites for hydroxylation is 1. The number of allylic oxidation sites excluding steroid dienone is 1. The van der Waals surface area contributed by atoms with Gasteiger partial charge in [-0.3, -0.25) is 23.9 Å². The number of urea groups is 1. The zero-order valence-corrected chi connectivity index (χ0v) is 19.0. The first-order valence-corrected chi connectivity index (χ1v) is 11.2. The average molecular weight is 463 g/mol. The van der Waals surface area contributed by atoms with Crippen LogP contribution in [0.2, 0.25) is 0 Å². The normalized spacial score (nSPS) is 11.0. The summed E-state index contributed by atoms with van der Waals surface area (Å²) in [6, 6.07) is 12.1. The number of carbonyl (C=O) groups excluding carboxylic acids is 2. The van der Waals surface area contributed by atoms with Crippen molar-refractivity contribution in [3.63, 3.8) is 0 Å². The van der Waals surface area contributed by atoms with E-state index < -0.39 is 11.9 Å². The van der Waals surface area contributed by atoms with Crippen LogP contribution in [0, 0.1) is 13.8 Å². The molecule has 2 heterocycles. The predicted molar refractivity (Wildman–Crippen MR) is 129 cm³/mol. The van der Waals surface area contributed by atoms with Crippen molar-refractivity contribution in [3.05, 3.63) is 76.6 Å². The number of hydrogen-bond acceptors (Lipinski definition) is 6. The first-order chi connectivity index (χ1) is 15.9. The van der Waals surface area contributed by atoms with Gasteiger partial charge < -0.3 is 5.32 Å². The van der Waals surface area contributed by atoms with Crippen LogP contribution in [0.15, 0.2) is 65.1 Å². The minimum atomic E-state index is -0.606. The largest absolute Gasteiger partial charge is 0.325 e. The van der Waals surface area contributed by atoms with E-state index in [4.69, 9.17) is 0 Å². The summed E-state index contributed by atoms with van der Waals surface area (Å²) in [5, 5.41) is 14.3. The fourth-order valence-electron chi connectivity index (χ4n) is 3.45. The number of fused-ring (bicyclic) bond motifs is 3. The molecule has 0 spiro atoms. The molecule has 0 aliphatic carbocycles.